The molecule has 5 heteroatoms. The van der Waals surface area contributed by atoms with Crippen LogP contribution in [0, 0.1) is 0 Å². The molecule has 0 aromatic heterocycles. The Morgan fingerprint density at radius 1 is 1.40 bits per heavy atom. The molecular formula is C10H12Cl2N2O. The number of nitrogens with one attached hydrogen (secondary N) is 1. The maximum absolute atomic E-state index is 11.1. The summed E-state index contributed by atoms with van der Waals surface area (Å²) in [5.74, 6) is -0.0522. The lowest BCUT2D eigenvalue weighted by molar-refractivity contribution is -0.119. The van der Waals surface area contributed by atoms with E-state index in [-0.39, 0.29) is 12.5 Å². The van der Waals surface area contributed by atoms with Crippen LogP contribution in [0.2, 0.25) is 10.0 Å². The minimum Gasteiger partial charge on any atom is -0.365 e. The molecule has 1 aromatic carbocycles. The molecule has 0 aliphatic heterocycles. The van der Waals surface area contributed by atoms with Gasteiger partial charge in [-0.3, -0.25) is 4.79 Å². The quantitative estimate of drug-likeness (QED) is 0.887. The van der Waals surface area contributed by atoms with Crippen LogP contribution in [0.1, 0.15) is 0 Å². The van der Waals surface area contributed by atoms with Gasteiger partial charge in [-0.25, -0.2) is 0 Å². The van der Waals surface area contributed by atoms with Crippen molar-refractivity contribution in [3.05, 3.63) is 28.2 Å². The fraction of sp³-hybridized carbons (Fsp3) is 0.300. The van der Waals surface area contributed by atoms with Gasteiger partial charge < -0.3 is 10.2 Å². The van der Waals surface area contributed by atoms with Gasteiger partial charge in [-0.05, 0) is 18.2 Å². The zero-order valence-corrected chi connectivity index (χ0v) is 10.1. The number of carbonyl (C=O) groups is 1. The Balaban J connectivity index is 2.78. The highest BCUT2D eigenvalue weighted by Gasteiger charge is 2.07. The summed E-state index contributed by atoms with van der Waals surface area (Å²) in [6.07, 6.45) is 0. The number of benzene rings is 1. The van der Waals surface area contributed by atoms with Crippen LogP contribution in [0.5, 0.6) is 0 Å². The molecule has 82 valence electrons. The van der Waals surface area contributed by atoms with Gasteiger partial charge in [0.05, 0.1) is 16.6 Å². The van der Waals surface area contributed by atoms with Crippen LogP contribution in [0.15, 0.2) is 18.2 Å². The Morgan fingerprint density at radius 3 is 2.60 bits per heavy atom. The van der Waals surface area contributed by atoms with Gasteiger partial charge in [0.25, 0.3) is 0 Å². The molecule has 0 spiro atoms. The molecular weight excluding hydrogens is 235 g/mol. The van der Waals surface area contributed by atoms with Crippen LogP contribution >= 0.6 is 23.2 Å². The molecule has 0 unspecified atom stereocenters. The molecule has 0 aliphatic carbocycles. The van der Waals surface area contributed by atoms with Crippen molar-refractivity contribution in [2.24, 2.45) is 0 Å². The Hall–Kier alpha value is -0.930. The van der Waals surface area contributed by atoms with E-state index in [2.05, 4.69) is 5.32 Å². The summed E-state index contributed by atoms with van der Waals surface area (Å²) in [6.45, 7) is 0.286. The van der Waals surface area contributed by atoms with Crippen molar-refractivity contribution >= 4 is 34.8 Å². The average Bonchev–Trinajstić information content (AvgIpc) is 2.21. The molecule has 1 N–H and O–H groups in total. The van der Waals surface area contributed by atoms with Gasteiger partial charge in [-0.1, -0.05) is 23.2 Å². The molecule has 0 atom stereocenters. The van der Waals surface area contributed by atoms with Crippen LogP contribution in [0.4, 0.5) is 5.69 Å². The van der Waals surface area contributed by atoms with Crippen molar-refractivity contribution in [3.8, 4) is 0 Å². The third-order valence-electron chi connectivity index (χ3n) is 2.00. The third-order valence-corrected chi connectivity index (χ3v) is 2.74. The maximum Gasteiger partial charge on any atom is 0.239 e. The zero-order chi connectivity index (χ0) is 11.4. The second kappa shape index (κ2) is 5.24. The summed E-state index contributed by atoms with van der Waals surface area (Å²) in [7, 11) is 3.42. The van der Waals surface area contributed by atoms with Crippen molar-refractivity contribution in [3.63, 3.8) is 0 Å². The van der Waals surface area contributed by atoms with Crippen LogP contribution in [-0.2, 0) is 4.79 Å². The number of amides is 1. The molecule has 0 bridgehead atoms. The number of nitrogens with zero attached hydrogens (tertiary/aromatic N) is 1. The normalized spacial score (nSPS) is 9.87. The van der Waals surface area contributed by atoms with E-state index in [1.54, 1.807) is 24.1 Å². The van der Waals surface area contributed by atoms with Gasteiger partial charge in [0.1, 0.15) is 0 Å². The fourth-order valence-electron chi connectivity index (χ4n) is 1.11. The SMILES string of the molecule is CNC(=O)CN(C)c1ccc(Cl)c(Cl)c1. The molecule has 1 amide bonds. The minimum atomic E-state index is -0.0522. The Labute approximate surface area is 99.0 Å². The molecule has 0 heterocycles. The second-order valence-corrected chi connectivity index (χ2v) is 3.94. The van der Waals surface area contributed by atoms with Crippen molar-refractivity contribution in [2.75, 3.05) is 25.5 Å². The number of halogens is 2. The molecule has 3 nitrogen and oxygen atoms in total. The number of anilines is 1. The summed E-state index contributed by atoms with van der Waals surface area (Å²) in [6, 6.07) is 5.25. The van der Waals surface area contributed by atoms with Gasteiger partial charge in [0.2, 0.25) is 5.91 Å². The number of rotatable bonds is 3. The van der Waals surface area contributed by atoms with Gasteiger partial charge in [0.15, 0.2) is 0 Å². The van der Waals surface area contributed by atoms with Crippen molar-refractivity contribution < 1.29 is 4.79 Å². The van der Waals surface area contributed by atoms with E-state index in [0.29, 0.717) is 10.0 Å². The van der Waals surface area contributed by atoms with E-state index in [4.69, 9.17) is 23.2 Å². The lowest BCUT2D eigenvalue weighted by atomic mass is 10.3. The Kier molecular flexibility index (Phi) is 4.24. The van der Waals surface area contributed by atoms with Crippen molar-refractivity contribution in [1.82, 2.24) is 5.32 Å². The predicted molar refractivity (Wildman–Crippen MR) is 63.8 cm³/mol. The molecule has 15 heavy (non-hydrogen) atoms. The Bertz CT molecular complexity index is 368. The van der Waals surface area contributed by atoms with Gasteiger partial charge in [-0.2, -0.15) is 0 Å². The molecule has 1 aromatic rings. The number of hydrogen-bond acceptors (Lipinski definition) is 2. The average molecular weight is 247 g/mol. The van der Waals surface area contributed by atoms with E-state index in [1.807, 2.05) is 13.1 Å². The predicted octanol–water partition coefficient (Wildman–Crippen LogP) is 2.18. The summed E-state index contributed by atoms with van der Waals surface area (Å²) in [5, 5.41) is 3.54. The van der Waals surface area contributed by atoms with Crippen LogP contribution in [0.25, 0.3) is 0 Å². The lowest BCUT2D eigenvalue weighted by Crippen LogP contribution is -2.32. The standard InChI is InChI=1S/C10H12Cl2N2O/c1-13-10(15)6-14(2)7-3-4-8(11)9(12)5-7/h3-5H,6H2,1-2H3,(H,13,15). The van der Waals surface area contributed by atoms with E-state index in [1.165, 1.54) is 0 Å². The third kappa shape index (κ3) is 3.29. The van der Waals surface area contributed by atoms with Crippen LogP contribution < -0.4 is 10.2 Å². The summed E-state index contributed by atoms with van der Waals surface area (Å²) >= 11 is 11.7. The first-order valence-corrected chi connectivity index (χ1v) is 5.17. The number of carbonyl (C=O) groups excluding carboxylic acids is 1. The summed E-state index contributed by atoms with van der Waals surface area (Å²) < 4.78 is 0. The number of likely N-dealkylation sites (N-methyl/N-ethyl adjacent to an activating group) is 2. The summed E-state index contributed by atoms with van der Waals surface area (Å²) in [4.78, 5) is 12.9. The molecule has 0 saturated heterocycles. The molecule has 1 rings (SSSR count). The smallest absolute Gasteiger partial charge is 0.239 e. The highest BCUT2D eigenvalue weighted by Crippen LogP contribution is 2.26. The second-order valence-electron chi connectivity index (χ2n) is 3.13. The zero-order valence-electron chi connectivity index (χ0n) is 8.55. The highest BCUT2D eigenvalue weighted by molar-refractivity contribution is 6.42. The number of hydrogen-bond donors (Lipinski definition) is 1. The monoisotopic (exact) mass is 246 g/mol. The van der Waals surface area contributed by atoms with Gasteiger partial charge >= 0.3 is 0 Å². The van der Waals surface area contributed by atoms with Gasteiger partial charge in [0, 0.05) is 19.8 Å². The first kappa shape index (κ1) is 12.1. The maximum atomic E-state index is 11.1. The van der Waals surface area contributed by atoms with E-state index >= 15 is 0 Å². The summed E-state index contributed by atoms with van der Waals surface area (Å²) in [5.41, 5.74) is 0.855. The van der Waals surface area contributed by atoms with E-state index in [0.717, 1.165) is 5.69 Å². The molecule has 0 radical (unpaired) electrons. The topological polar surface area (TPSA) is 32.3 Å². The first-order chi connectivity index (χ1) is 7.04. The van der Waals surface area contributed by atoms with Crippen LogP contribution in [0.3, 0.4) is 0 Å². The fourth-order valence-corrected chi connectivity index (χ4v) is 1.40. The minimum absolute atomic E-state index is 0.0522. The largest absolute Gasteiger partial charge is 0.365 e. The lowest BCUT2D eigenvalue weighted by Gasteiger charge is -2.18. The molecule has 0 saturated carbocycles. The molecule has 0 fully saturated rings. The van der Waals surface area contributed by atoms with E-state index in [9.17, 15) is 4.79 Å². The van der Waals surface area contributed by atoms with Crippen molar-refractivity contribution in [1.29, 1.82) is 0 Å². The van der Waals surface area contributed by atoms with E-state index < -0.39 is 0 Å². The Morgan fingerprint density at radius 2 is 2.07 bits per heavy atom. The van der Waals surface area contributed by atoms with Crippen LogP contribution in [-0.4, -0.2) is 26.5 Å². The highest BCUT2D eigenvalue weighted by atomic mass is 35.5. The first-order valence-electron chi connectivity index (χ1n) is 4.41. The molecule has 0 aliphatic rings. The van der Waals surface area contributed by atoms with Crippen molar-refractivity contribution in [2.45, 2.75) is 0 Å². The van der Waals surface area contributed by atoms with Gasteiger partial charge in [-0.15, -0.1) is 0 Å².